The number of aryl methyl sites for hydroxylation is 2. The van der Waals surface area contributed by atoms with Crippen molar-refractivity contribution in [2.24, 2.45) is 0 Å². The number of benzene rings is 2. The molecule has 2 aromatic carbocycles. The molecule has 0 radical (unpaired) electrons. The molecule has 1 unspecified atom stereocenters. The van der Waals surface area contributed by atoms with E-state index in [-0.39, 0.29) is 5.91 Å². The van der Waals surface area contributed by atoms with E-state index in [9.17, 15) is 4.79 Å². The van der Waals surface area contributed by atoms with Gasteiger partial charge >= 0.3 is 0 Å². The van der Waals surface area contributed by atoms with Crippen LogP contribution in [0.2, 0.25) is 0 Å². The Hall–Kier alpha value is -2.96. The zero-order chi connectivity index (χ0) is 21.8. The number of nitrogens with zero attached hydrogens (tertiary/aromatic N) is 4. The molecule has 0 N–H and O–H groups in total. The van der Waals surface area contributed by atoms with Gasteiger partial charge in [-0.2, -0.15) is 0 Å². The van der Waals surface area contributed by atoms with E-state index in [1.54, 1.807) is 0 Å². The van der Waals surface area contributed by atoms with Crippen molar-refractivity contribution in [2.45, 2.75) is 38.6 Å². The molecule has 1 saturated heterocycles. The first-order valence-electron chi connectivity index (χ1n) is 11.5. The smallest absolute Gasteiger partial charge is 0.253 e. The van der Waals surface area contributed by atoms with Gasteiger partial charge in [-0.05, 0) is 17.5 Å². The lowest BCUT2D eigenvalue weighted by Crippen LogP contribution is -2.51. The molecule has 0 saturated carbocycles. The molecule has 5 rings (SSSR count). The Morgan fingerprint density at radius 3 is 2.53 bits per heavy atom. The first-order chi connectivity index (χ1) is 15.8. The van der Waals surface area contributed by atoms with E-state index < -0.39 is 6.10 Å². The van der Waals surface area contributed by atoms with Crippen LogP contribution in [-0.2, 0) is 42.0 Å². The van der Waals surface area contributed by atoms with Gasteiger partial charge < -0.3 is 14.2 Å². The maximum Gasteiger partial charge on any atom is 0.253 e. The van der Waals surface area contributed by atoms with Gasteiger partial charge in [0, 0.05) is 44.8 Å². The molecular formula is C26H30N4O2. The lowest BCUT2D eigenvalue weighted by Gasteiger charge is -2.36. The van der Waals surface area contributed by atoms with Crippen LogP contribution in [0.25, 0.3) is 0 Å². The second kappa shape index (κ2) is 9.67. The summed E-state index contributed by atoms with van der Waals surface area (Å²) < 4.78 is 8.14. The Morgan fingerprint density at radius 1 is 1.00 bits per heavy atom. The first-order valence-corrected chi connectivity index (χ1v) is 11.5. The van der Waals surface area contributed by atoms with Gasteiger partial charge in [-0.1, -0.05) is 60.7 Å². The average Bonchev–Trinajstić information content (AvgIpc) is 3.26. The van der Waals surface area contributed by atoms with Crippen molar-refractivity contribution >= 4 is 5.91 Å². The number of aromatic nitrogens is 2. The number of carbonyl (C=O) groups is 1. The summed E-state index contributed by atoms with van der Waals surface area (Å²) in [5, 5.41) is 0. The molecule has 0 bridgehead atoms. The summed E-state index contributed by atoms with van der Waals surface area (Å²) in [5.74, 6) is 0.0900. The summed E-state index contributed by atoms with van der Waals surface area (Å²) in [5.41, 5.74) is 4.89. The average molecular weight is 431 g/mol. The Kier molecular flexibility index (Phi) is 6.32. The lowest BCUT2D eigenvalue weighted by atomic mass is 10.1. The number of carbonyl (C=O) groups excluding carboxylic acids is 1. The Labute approximate surface area is 189 Å². The Morgan fingerprint density at radius 2 is 1.75 bits per heavy atom. The molecule has 1 atom stereocenters. The largest absolute Gasteiger partial charge is 0.366 e. The summed E-state index contributed by atoms with van der Waals surface area (Å²) in [6, 6.07) is 20.9. The lowest BCUT2D eigenvalue weighted by molar-refractivity contribution is -0.150. The molecule has 0 spiro atoms. The third-order valence-corrected chi connectivity index (χ3v) is 6.46. The highest BCUT2D eigenvalue weighted by atomic mass is 16.5. The van der Waals surface area contributed by atoms with Crippen LogP contribution in [0, 0.1) is 0 Å². The van der Waals surface area contributed by atoms with Gasteiger partial charge in [-0.25, -0.2) is 4.98 Å². The van der Waals surface area contributed by atoms with Gasteiger partial charge in [0.05, 0.1) is 25.2 Å². The van der Waals surface area contributed by atoms with Crippen molar-refractivity contribution in [3.05, 3.63) is 89.5 Å². The SMILES string of the molecule is O=C(C1CN(Cc2ccccc2)CCO1)N1CCc2c(ncn2CCc2ccccc2)C1. The van der Waals surface area contributed by atoms with E-state index >= 15 is 0 Å². The van der Waals surface area contributed by atoms with Crippen LogP contribution in [0.15, 0.2) is 67.0 Å². The quantitative estimate of drug-likeness (QED) is 0.604. The summed E-state index contributed by atoms with van der Waals surface area (Å²) in [7, 11) is 0. The number of amides is 1. The molecule has 3 heterocycles. The third-order valence-electron chi connectivity index (χ3n) is 6.46. The second-order valence-corrected chi connectivity index (χ2v) is 8.66. The normalized spacial score (nSPS) is 19.0. The zero-order valence-electron chi connectivity index (χ0n) is 18.4. The number of morpholine rings is 1. The Balaban J connectivity index is 1.18. The maximum absolute atomic E-state index is 13.2. The molecule has 32 heavy (non-hydrogen) atoms. The van der Waals surface area contributed by atoms with E-state index in [1.165, 1.54) is 16.8 Å². The summed E-state index contributed by atoms with van der Waals surface area (Å²) in [6.45, 7) is 5.16. The highest BCUT2D eigenvalue weighted by Gasteiger charge is 2.33. The molecule has 1 aromatic heterocycles. The van der Waals surface area contributed by atoms with Gasteiger partial charge in [0.2, 0.25) is 0 Å². The van der Waals surface area contributed by atoms with E-state index in [0.29, 0.717) is 19.7 Å². The molecule has 2 aliphatic rings. The van der Waals surface area contributed by atoms with Crippen LogP contribution < -0.4 is 0 Å². The van der Waals surface area contributed by atoms with Crippen LogP contribution >= 0.6 is 0 Å². The van der Waals surface area contributed by atoms with Crippen molar-refractivity contribution in [3.8, 4) is 0 Å². The third kappa shape index (κ3) is 4.76. The fourth-order valence-electron chi connectivity index (χ4n) is 4.69. The fraction of sp³-hybridized carbons (Fsp3) is 0.385. The van der Waals surface area contributed by atoms with E-state index in [1.807, 2.05) is 23.4 Å². The van der Waals surface area contributed by atoms with Crippen molar-refractivity contribution in [3.63, 3.8) is 0 Å². The highest BCUT2D eigenvalue weighted by Crippen LogP contribution is 2.21. The molecule has 3 aromatic rings. The van der Waals surface area contributed by atoms with Crippen molar-refractivity contribution in [1.29, 1.82) is 0 Å². The number of imidazole rings is 1. The minimum Gasteiger partial charge on any atom is -0.366 e. The number of hydrogen-bond acceptors (Lipinski definition) is 4. The van der Waals surface area contributed by atoms with E-state index in [4.69, 9.17) is 4.74 Å². The highest BCUT2D eigenvalue weighted by molar-refractivity contribution is 5.81. The minimum atomic E-state index is -0.394. The Bertz CT molecular complexity index is 1030. The number of rotatable bonds is 6. The van der Waals surface area contributed by atoms with Gasteiger partial charge in [-0.3, -0.25) is 9.69 Å². The van der Waals surface area contributed by atoms with Crippen molar-refractivity contribution in [2.75, 3.05) is 26.2 Å². The molecule has 6 nitrogen and oxygen atoms in total. The molecule has 1 fully saturated rings. The van der Waals surface area contributed by atoms with E-state index in [2.05, 4.69) is 63.0 Å². The number of hydrogen-bond donors (Lipinski definition) is 0. The zero-order valence-corrected chi connectivity index (χ0v) is 18.4. The van der Waals surface area contributed by atoms with Crippen molar-refractivity contribution in [1.82, 2.24) is 19.4 Å². The fourth-order valence-corrected chi connectivity index (χ4v) is 4.69. The molecule has 0 aliphatic carbocycles. The van der Waals surface area contributed by atoms with Crippen LogP contribution in [-0.4, -0.2) is 57.6 Å². The van der Waals surface area contributed by atoms with Gasteiger partial charge in [0.1, 0.15) is 6.10 Å². The van der Waals surface area contributed by atoms with Crippen LogP contribution in [0.3, 0.4) is 0 Å². The van der Waals surface area contributed by atoms with Crippen LogP contribution in [0.1, 0.15) is 22.5 Å². The molecule has 1 amide bonds. The van der Waals surface area contributed by atoms with Gasteiger partial charge in [-0.15, -0.1) is 0 Å². The van der Waals surface area contributed by atoms with Crippen LogP contribution in [0.5, 0.6) is 0 Å². The molecular weight excluding hydrogens is 400 g/mol. The van der Waals surface area contributed by atoms with Gasteiger partial charge in [0.25, 0.3) is 5.91 Å². The minimum absolute atomic E-state index is 0.0900. The summed E-state index contributed by atoms with van der Waals surface area (Å²) in [4.78, 5) is 22.1. The predicted octanol–water partition coefficient (Wildman–Crippen LogP) is 2.91. The van der Waals surface area contributed by atoms with Crippen LogP contribution in [0.4, 0.5) is 0 Å². The molecule has 6 heteroatoms. The monoisotopic (exact) mass is 430 g/mol. The topological polar surface area (TPSA) is 50.6 Å². The maximum atomic E-state index is 13.2. The summed E-state index contributed by atoms with van der Waals surface area (Å²) >= 11 is 0. The number of fused-ring (bicyclic) bond motifs is 1. The van der Waals surface area contributed by atoms with Crippen molar-refractivity contribution < 1.29 is 9.53 Å². The first kappa shape index (κ1) is 20.9. The standard InChI is InChI=1S/C26H30N4O2/c31-26(25-19-28(15-16-32-25)17-22-9-5-2-6-10-22)29-14-12-24-23(18-29)27-20-30(24)13-11-21-7-3-1-4-8-21/h1-10,20,25H,11-19H2. The molecule has 2 aliphatic heterocycles. The summed E-state index contributed by atoms with van der Waals surface area (Å²) in [6.07, 6.45) is 3.37. The van der Waals surface area contributed by atoms with Gasteiger partial charge in [0.15, 0.2) is 0 Å². The molecule has 166 valence electrons. The van der Waals surface area contributed by atoms with E-state index in [0.717, 1.165) is 44.7 Å². The number of ether oxygens (including phenoxy) is 1. The predicted molar refractivity (Wildman–Crippen MR) is 123 cm³/mol. The second-order valence-electron chi connectivity index (χ2n) is 8.66.